The van der Waals surface area contributed by atoms with Crippen molar-refractivity contribution >= 4 is 164 Å². The third kappa shape index (κ3) is 20.2. The molecule has 3 atom stereocenters. The van der Waals surface area contributed by atoms with Crippen LogP contribution < -0.4 is 59.1 Å². The second-order valence-electron chi connectivity index (χ2n) is 31.4. The molecule has 0 bridgehead atoms. The Hall–Kier alpha value is -14.5. The number of carbonyl (C=O) groups excluding carboxylic acids is 6. The molecule has 0 saturated heterocycles. The number of ether oxygens (including phenoxy) is 9. The maximum atomic E-state index is 13.9. The van der Waals surface area contributed by atoms with Crippen LogP contribution in [0, 0.1) is 0 Å². The average Bonchev–Trinajstić information content (AvgIpc) is 1.60. The topological polar surface area (TPSA) is 427 Å². The number of aromatic nitrogens is 6. The van der Waals surface area contributed by atoms with Gasteiger partial charge in [-0.1, -0.05) is 36.4 Å². The molecule has 0 saturated carbocycles. The number of halogens is 3. The minimum Gasteiger partial charge on any atom is -0.507 e. The number of nitrogens with zero attached hydrogens (tertiary/aromatic N) is 7. The van der Waals surface area contributed by atoms with E-state index >= 15 is 0 Å². The Morgan fingerprint density at radius 1 is 0.422 bits per heavy atom. The summed E-state index contributed by atoms with van der Waals surface area (Å²) in [5, 5.41) is 72.7. The van der Waals surface area contributed by atoms with Crippen LogP contribution in [0.3, 0.4) is 0 Å². The van der Waals surface area contributed by atoms with Crippen molar-refractivity contribution in [1.82, 2.24) is 29.3 Å². The largest absolute Gasteiger partial charge is 0.507 e. The van der Waals surface area contributed by atoms with Gasteiger partial charge in [0.15, 0.2) is 0 Å². The molecule has 36 heteroatoms. The summed E-state index contributed by atoms with van der Waals surface area (Å²) in [5.41, 5.74) is 9.02. The fourth-order valence-electron chi connectivity index (χ4n) is 16.8. The van der Waals surface area contributed by atoms with Gasteiger partial charge in [-0.25, -0.2) is 15.0 Å². The van der Waals surface area contributed by atoms with Gasteiger partial charge in [0.2, 0.25) is 0 Å². The molecule has 696 valence electrons. The highest BCUT2D eigenvalue weighted by atomic mass is 35.5. The zero-order chi connectivity index (χ0) is 94.5. The maximum Gasteiger partial charge on any atom is 0.278 e. The molecule has 6 amide bonds. The number of pyridine rings is 3. The highest BCUT2D eigenvalue weighted by Gasteiger charge is 2.41. The van der Waals surface area contributed by atoms with Crippen LogP contribution in [-0.4, -0.2) is 233 Å². The van der Waals surface area contributed by atoms with Gasteiger partial charge in [-0.2, -0.15) is 0 Å². The standard InChI is InChI=1S/3C33H31ClN4O7/c1-43-28-4-2-3-24-27(40)15-26-30(31(24)28)21(16-34)17-38(26)33(42)25-19-37-18-22(7-10-29(37)36-25)35-32(41)20-5-8-23(9-6-20)45-14-13-44-12-11-39;1-43-28-4-2-3-24-27(40)15-26-29(30(24)28)21(16-34)18-38(26)33(42)25-14-20-13-22(17-35-31(20)37-25)36-32(41)19-5-7-23(8-6-19)45-12-11-44-10-9-39;1-43-28-4-2-3-23-27(40)15-26-30(31(23)28)21(16-34)18-38(26)33(42)24-13-20-14-29(35-17-25(20)36-24)37-32(41)19-5-7-22(8-6-19)45-12-11-44-10-9-39/h2-10,15,18-19,21,39-40H,11-14,16-17H2,1H3,(H,35,41);2-8,13-15,17,21,39-40H,9-12,16,18H2,1H3,(H,35,37)(H,36,41);2-8,13-15,17,21,36,39-40H,9-12,16,18H2,1H3,(H,35,37,41)/t3*21-/m111/s1. The van der Waals surface area contributed by atoms with Crippen molar-refractivity contribution in [2.75, 3.05) is 169 Å². The molecule has 0 unspecified atom stereocenters. The molecule has 33 nitrogen and oxygen atoms in total. The van der Waals surface area contributed by atoms with Crippen LogP contribution in [0.15, 0.2) is 207 Å². The summed E-state index contributed by atoms with van der Waals surface area (Å²) in [6, 6.07) is 51.4. The number of hydrogen-bond donors (Lipinski definition) is 11. The van der Waals surface area contributed by atoms with Crippen molar-refractivity contribution in [1.29, 1.82) is 0 Å². The van der Waals surface area contributed by atoms with Crippen LogP contribution in [0.1, 0.15) is 97.0 Å². The number of benzene rings is 9. The minimum atomic E-state index is -0.352. The van der Waals surface area contributed by atoms with E-state index in [4.69, 9.17) is 92.8 Å². The second-order valence-corrected chi connectivity index (χ2v) is 32.3. The number of aliphatic hydroxyl groups is 3. The molecule has 3 aliphatic heterocycles. The Morgan fingerprint density at radius 2 is 0.830 bits per heavy atom. The van der Waals surface area contributed by atoms with E-state index in [2.05, 4.69) is 40.9 Å². The van der Waals surface area contributed by atoms with Crippen LogP contribution >= 0.6 is 34.8 Å². The monoisotopic (exact) mass is 1890 g/mol. The van der Waals surface area contributed by atoms with Crippen LogP contribution in [0.25, 0.3) is 59.9 Å². The van der Waals surface area contributed by atoms with E-state index in [0.29, 0.717) is 200 Å². The third-order valence-corrected chi connectivity index (χ3v) is 24.1. The van der Waals surface area contributed by atoms with E-state index in [1.165, 1.54) is 6.20 Å². The Morgan fingerprint density at radius 3 is 1.25 bits per heavy atom. The summed E-state index contributed by atoms with van der Waals surface area (Å²) in [6.07, 6.45) is 6.37. The number of imidazole rings is 1. The lowest BCUT2D eigenvalue weighted by Crippen LogP contribution is -2.30. The maximum absolute atomic E-state index is 13.9. The number of phenols is 3. The van der Waals surface area contributed by atoms with E-state index < -0.39 is 0 Å². The Bertz CT molecular complexity index is 6270. The van der Waals surface area contributed by atoms with E-state index in [1.54, 1.807) is 199 Å². The first kappa shape index (κ1) is 93.7. The smallest absolute Gasteiger partial charge is 0.278 e. The SMILES string of the molecule is COc1cccc2c(O)cc3c(c12)[C@H](CCl)CN3C(=O)c1cc2cc(NC(=O)c3ccc(OCCOCCO)cc3)cnc2[nH]1.COc1cccc2c(O)cc3c(c12)[C@H](CCl)CN3C(=O)c1cc2cc(NC(=O)c3ccc(OCCOCCO)cc3)ncc2[nH]1.COc1cccc2c(O)cc3c(c12)[C@H](CCl)CN3C(=O)c1cn2cc(NC(=O)c3ccc(OCCOCCO)cc3)ccc2n1. The number of aromatic amines is 2. The normalized spacial score (nSPS) is 14.1. The Labute approximate surface area is 786 Å². The predicted molar refractivity (Wildman–Crippen MR) is 513 cm³/mol. The number of carbonyl (C=O) groups is 6. The fourth-order valence-corrected chi connectivity index (χ4v) is 17.5. The molecule has 11 N–H and O–H groups in total. The molecular formula is C99H93Cl3N12O21. The number of hydrogen-bond acceptors (Lipinski definition) is 24. The Balaban J connectivity index is 0.000000147. The molecule has 6 aromatic heterocycles. The van der Waals surface area contributed by atoms with Crippen molar-refractivity contribution < 1.29 is 102 Å². The quantitative estimate of drug-likeness (QED) is 0.0134. The highest BCUT2D eigenvalue weighted by molar-refractivity contribution is 6.22. The van der Waals surface area contributed by atoms with Crippen LogP contribution in [-0.2, 0) is 14.2 Å². The zero-order valence-corrected chi connectivity index (χ0v) is 75.4. The summed E-state index contributed by atoms with van der Waals surface area (Å²) in [5.74, 6) is 2.42. The summed E-state index contributed by atoms with van der Waals surface area (Å²) < 4.78 is 50.7. The fraction of sp³-hybridized carbons (Fsp3) is 0.242. The number of aromatic hydroxyl groups is 3. The number of aliphatic hydroxyl groups excluding tert-OH is 3. The van der Waals surface area contributed by atoms with E-state index in [9.17, 15) is 44.1 Å². The lowest BCUT2D eigenvalue weighted by atomic mass is 9.94. The number of H-pyrrole nitrogens is 2. The predicted octanol–water partition coefficient (Wildman–Crippen LogP) is 14.9. The number of methoxy groups -OCH3 is 3. The van der Waals surface area contributed by atoms with Gasteiger partial charge in [0.1, 0.15) is 106 Å². The molecule has 135 heavy (non-hydrogen) atoms. The van der Waals surface area contributed by atoms with Crippen molar-refractivity contribution in [2.24, 2.45) is 0 Å². The van der Waals surface area contributed by atoms with Gasteiger partial charge in [0.25, 0.3) is 35.4 Å². The van der Waals surface area contributed by atoms with Gasteiger partial charge in [-0.05, 0) is 144 Å². The van der Waals surface area contributed by atoms with Crippen LogP contribution in [0.2, 0.25) is 0 Å². The van der Waals surface area contributed by atoms with Crippen molar-refractivity contribution in [2.45, 2.75) is 17.8 Å². The lowest BCUT2D eigenvalue weighted by molar-refractivity contribution is 0.0705. The minimum absolute atomic E-state index is 0.0389. The number of nitrogens with one attached hydrogen (secondary N) is 5. The summed E-state index contributed by atoms with van der Waals surface area (Å²) in [4.78, 5) is 105. The van der Waals surface area contributed by atoms with Gasteiger partial charge >= 0.3 is 0 Å². The van der Waals surface area contributed by atoms with Gasteiger partial charge < -0.3 is 118 Å². The van der Waals surface area contributed by atoms with E-state index in [1.807, 2.05) is 42.5 Å². The molecule has 0 fully saturated rings. The third-order valence-electron chi connectivity index (χ3n) is 23.0. The Kier molecular flexibility index (Phi) is 29.6. The molecule has 0 spiro atoms. The number of phenolic OH excluding ortho intramolecular Hbond substituents is 3. The first-order valence-electron chi connectivity index (χ1n) is 43.0. The summed E-state index contributed by atoms with van der Waals surface area (Å²) in [7, 11) is 4.71. The summed E-state index contributed by atoms with van der Waals surface area (Å²) in [6.45, 7) is 3.65. The van der Waals surface area contributed by atoms with E-state index in [-0.39, 0.29) is 133 Å². The molecular weight excluding hydrogens is 1800 g/mol. The van der Waals surface area contributed by atoms with Gasteiger partial charge in [0, 0.05) is 145 Å². The van der Waals surface area contributed by atoms with Crippen molar-refractivity contribution in [3.8, 4) is 51.7 Å². The average molecular weight is 1890 g/mol. The number of rotatable bonds is 33. The van der Waals surface area contributed by atoms with Gasteiger partial charge in [0.05, 0.1) is 127 Å². The number of anilines is 6. The second kappa shape index (κ2) is 42.6. The molecule has 0 radical (unpaired) electrons. The van der Waals surface area contributed by atoms with Crippen LogP contribution in [0.5, 0.6) is 51.7 Å². The summed E-state index contributed by atoms with van der Waals surface area (Å²) >= 11 is 19.2. The molecule has 9 aromatic carbocycles. The zero-order valence-electron chi connectivity index (χ0n) is 73.2. The molecule has 3 aliphatic rings. The van der Waals surface area contributed by atoms with Crippen molar-refractivity contribution in [3.63, 3.8) is 0 Å². The number of fused-ring (bicyclic) bond motifs is 12. The molecule has 0 aliphatic carbocycles. The number of amides is 6. The molecule has 18 rings (SSSR count). The number of alkyl halides is 3. The van der Waals surface area contributed by atoms with E-state index in [0.717, 1.165) is 32.8 Å². The molecule has 9 heterocycles. The highest BCUT2D eigenvalue weighted by Crippen LogP contribution is 2.52. The van der Waals surface area contributed by atoms with Gasteiger partial charge in [-0.15, -0.1) is 34.8 Å². The lowest BCUT2D eigenvalue weighted by Gasteiger charge is -2.18. The molecule has 15 aromatic rings. The van der Waals surface area contributed by atoms with Gasteiger partial charge in [-0.3, -0.25) is 28.8 Å². The first-order chi connectivity index (χ1) is 65.7. The van der Waals surface area contributed by atoms with Crippen molar-refractivity contribution in [3.05, 3.63) is 257 Å². The van der Waals surface area contributed by atoms with Crippen LogP contribution in [0.4, 0.5) is 34.3 Å². The first-order valence-corrected chi connectivity index (χ1v) is 44.6.